The number of hydrogen-bond donors (Lipinski definition) is 1. The first-order chi connectivity index (χ1) is 10.1. The van der Waals surface area contributed by atoms with Gasteiger partial charge in [-0.1, -0.05) is 55.0 Å². The van der Waals surface area contributed by atoms with E-state index in [1.165, 1.54) is 5.56 Å². The van der Waals surface area contributed by atoms with Crippen LogP contribution in [0.3, 0.4) is 0 Å². The van der Waals surface area contributed by atoms with Crippen molar-refractivity contribution in [1.29, 1.82) is 0 Å². The molecular formula is C18H20N2O. The lowest BCUT2D eigenvalue weighted by Crippen LogP contribution is -2.19. The van der Waals surface area contributed by atoms with Gasteiger partial charge in [0, 0.05) is 17.7 Å². The van der Waals surface area contributed by atoms with E-state index in [0.717, 1.165) is 11.1 Å². The van der Waals surface area contributed by atoms with Crippen molar-refractivity contribution in [1.82, 2.24) is 5.43 Å². The molecule has 1 atom stereocenters. The van der Waals surface area contributed by atoms with Gasteiger partial charge < -0.3 is 0 Å². The highest BCUT2D eigenvalue weighted by molar-refractivity contribution is 5.95. The maximum Gasteiger partial charge on any atom is 0.271 e. The van der Waals surface area contributed by atoms with Crippen LogP contribution in [-0.4, -0.2) is 12.1 Å². The molecule has 0 aliphatic rings. The zero-order chi connectivity index (χ0) is 15.2. The first-order valence-corrected chi connectivity index (χ1v) is 7.03. The summed E-state index contributed by atoms with van der Waals surface area (Å²) in [5.74, 6) is -0.0189. The summed E-state index contributed by atoms with van der Waals surface area (Å²) in [4.78, 5) is 12.1. The van der Waals surface area contributed by atoms with Gasteiger partial charge in [0.25, 0.3) is 5.91 Å². The standard InChI is InChI=1S/C18H20N2O/c1-13-9-10-17(14(2)11-13)18(21)20-19-12-15(3)16-7-5-4-6-8-16/h4-12,15H,1-3H3,(H,20,21). The van der Waals surface area contributed by atoms with Crippen molar-refractivity contribution >= 4 is 12.1 Å². The molecule has 0 aromatic heterocycles. The molecule has 0 aliphatic carbocycles. The van der Waals surface area contributed by atoms with Gasteiger partial charge in [-0.15, -0.1) is 0 Å². The van der Waals surface area contributed by atoms with E-state index in [2.05, 4.69) is 10.5 Å². The fourth-order valence-electron chi connectivity index (χ4n) is 2.18. The highest BCUT2D eigenvalue weighted by atomic mass is 16.2. The Kier molecular flexibility index (Phi) is 4.88. The van der Waals surface area contributed by atoms with E-state index in [1.54, 1.807) is 6.21 Å². The second kappa shape index (κ2) is 6.84. The zero-order valence-corrected chi connectivity index (χ0v) is 12.6. The summed E-state index contributed by atoms with van der Waals surface area (Å²) in [5, 5.41) is 4.06. The monoisotopic (exact) mass is 280 g/mol. The van der Waals surface area contributed by atoms with Gasteiger partial charge in [-0.2, -0.15) is 5.10 Å². The molecule has 108 valence electrons. The Morgan fingerprint density at radius 3 is 2.52 bits per heavy atom. The highest BCUT2D eigenvalue weighted by Crippen LogP contribution is 2.12. The normalized spacial score (nSPS) is 12.3. The van der Waals surface area contributed by atoms with Crippen LogP contribution in [0.2, 0.25) is 0 Å². The van der Waals surface area contributed by atoms with Crippen molar-refractivity contribution in [2.45, 2.75) is 26.7 Å². The molecule has 0 bridgehead atoms. The Hall–Kier alpha value is -2.42. The third kappa shape index (κ3) is 4.02. The van der Waals surface area contributed by atoms with Crippen LogP contribution in [0.15, 0.2) is 53.6 Å². The minimum Gasteiger partial charge on any atom is -0.267 e. The van der Waals surface area contributed by atoms with E-state index in [1.807, 2.05) is 69.3 Å². The van der Waals surface area contributed by atoms with Crippen molar-refractivity contribution in [3.8, 4) is 0 Å². The number of hydrogen-bond acceptors (Lipinski definition) is 2. The molecule has 2 aromatic carbocycles. The molecule has 2 rings (SSSR count). The quantitative estimate of drug-likeness (QED) is 0.671. The van der Waals surface area contributed by atoms with Gasteiger partial charge in [0.1, 0.15) is 0 Å². The molecule has 2 aromatic rings. The van der Waals surface area contributed by atoms with Crippen LogP contribution >= 0.6 is 0 Å². The zero-order valence-electron chi connectivity index (χ0n) is 12.6. The Balaban J connectivity index is 1.99. The lowest BCUT2D eigenvalue weighted by molar-refractivity contribution is 0.0954. The third-order valence-corrected chi connectivity index (χ3v) is 3.42. The number of rotatable bonds is 4. The Labute approximate surface area is 125 Å². The fourth-order valence-corrected chi connectivity index (χ4v) is 2.18. The molecule has 3 nitrogen and oxygen atoms in total. The molecule has 3 heteroatoms. The second-order valence-electron chi connectivity index (χ2n) is 5.24. The summed E-state index contributed by atoms with van der Waals surface area (Å²) in [6.45, 7) is 5.98. The number of carbonyl (C=O) groups excluding carboxylic acids is 1. The van der Waals surface area contributed by atoms with Crippen molar-refractivity contribution in [2.24, 2.45) is 5.10 Å². The average Bonchev–Trinajstić information content (AvgIpc) is 2.47. The van der Waals surface area contributed by atoms with E-state index in [0.29, 0.717) is 5.56 Å². The van der Waals surface area contributed by atoms with Crippen LogP contribution in [0, 0.1) is 13.8 Å². The SMILES string of the molecule is Cc1ccc(C(=O)NN=CC(C)c2ccccc2)c(C)c1. The molecule has 0 fully saturated rings. The molecule has 1 N–H and O–H groups in total. The minimum absolute atomic E-state index is 0.158. The van der Waals surface area contributed by atoms with Crippen molar-refractivity contribution in [3.63, 3.8) is 0 Å². The van der Waals surface area contributed by atoms with Crippen LogP contribution in [0.25, 0.3) is 0 Å². The molecular weight excluding hydrogens is 260 g/mol. The highest BCUT2D eigenvalue weighted by Gasteiger charge is 2.08. The molecule has 0 heterocycles. The van der Waals surface area contributed by atoms with Crippen LogP contribution in [0.5, 0.6) is 0 Å². The molecule has 21 heavy (non-hydrogen) atoms. The number of benzene rings is 2. The second-order valence-corrected chi connectivity index (χ2v) is 5.24. The number of aryl methyl sites for hydroxylation is 2. The number of hydrazone groups is 1. The Morgan fingerprint density at radius 1 is 1.14 bits per heavy atom. The number of nitrogens with one attached hydrogen (secondary N) is 1. The van der Waals surface area contributed by atoms with Crippen LogP contribution in [0.4, 0.5) is 0 Å². The Morgan fingerprint density at radius 2 is 1.86 bits per heavy atom. The number of nitrogens with zero attached hydrogens (tertiary/aromatic N) is 1. The molecule has 0 aliphatic heterocycles. The predicted molar refractivity (Wildman–Crippen MR) is 86.7 cm³/mol. The first-order valence-electron chi connectivity index (χ1n) is 7.03. The summed E-state index contributed by atoms with van der Waals surface area (Å²) < 4.78 is 0. The minimum atomic E-state index is -0.177. The lowest BCUT2D eigenvalue weighted by atomic mass is 10.0. The van der Waals surface area contributed by atoms with Crippen molar-refractivity contribution in [2.75, 3.05) is 0 Å². The van der Waals surface area contributed by atoms with Crippen LogP contribution in [-0.2, 0) is 0 Å². The average molecular weight is 280 g/mol. The molecule has 0 saturated carbocycles. The molecule has 0 radical (unpaired) electrons. The summed E-state index contributed by atoms with van der Waals surface area (Å²) in [7, 11) is 0. The largest absolute Gasteiger partial charge is 0.271 e. The number of carbonyl (C=O) groups is 1. The summed E-state index contributed by atoms with van der Waals surface area (Å²) in [5.41, 5.74) is 6.52. The van der Waals surface area contributed by atoms with Gasteiger partial charge in [0.2, 0.25) is 0 Å². The van der Waals surface area contributed by atoms with Gasteiger partial charge in [-0.05, 0) is 31.0 Å². The number of amides is 1. The summed E-state index contributed by atoms with van der Waals surface area (Å²) in [6.07, 6.45) is 1.75. The van der Waals surface area contributed by atoms with Gasteiger partial charge >= 0.3 is 0 Å². The smallest absolute Gasteiger partial charge is 0.267 e. The molecule has 0 saturated heterocycles. The van der Waals surface area contributed by atoms with E-state index in [4.69, 9.17) is 0 Å². The maximum absolute atomic E-state index is 12.1. The first kappa shape index (κ1) is 15.0. The van der Waals surface area contributed by atoms with Gasteiger partial charge in [0.05, 0.1) is 0 Å². The van der Waals surface area contributed by atoms with Crippen LogP contribution < -0.4 is 5.43 Å². The van der Waals surface area contributed by atoms with E-state index < -0.39 is 0 Å². The maximum atomic E-state index is 12.1. The topological polar surface area (TPSA) is 41.5 Å². The van der Waals surface area contributed by atoms with Gasteiger partial charge in [-0.25, -0.2) is 5.43 Å². The van der Waals surface area contributed by atoms with E-state index in [9.17, 15) is 4.79 Å². The third-order valence-electron chi connectivity index (χ3n) is 3.42. The molecule has 1 unspecified atom stereocenters. The predicted octanol–water partition coefficient (Wildman–Crippen LogP) is 3.82. The molecule has 0 spiro atoms. The lowest BCUT2D eigenvalue weighted by Gasteiger charge is -2.07. The van der Waals surface area contributed by atoms with Gasteiger partial charge in [-0.3, -0.25) is 4.79 Å². The summed E-state index contributed by atoms with van der Waals surface area (Å²) in [6, 6.07) is 15.8. The Bertz CT molecular complexity index is 648. The molecule has 1 amide bonds. The fraction of sp³-hybridized carbons (Fsp3) is 0.222. The summed E-state index contributed by atoms with van der Waals surface area (Å²) >= 11 is 0. The van der Waals surface area contributed by atoms with Gasteiger partial charge in [0.15, 0.2) is 0 Å². The van der Waals surface area contributed by atoms with E-state index >= 15 is 0 Å². The van der Waals surface area contributed by atoms with Crippen LogP contribution in [0.1, 0.15) is 39.9 Å². The van der Waals surface area contributed by atoms with E-state index in [-0.39, 0.29) is 11.8 Å². The van der Waals surface area contributed by atoms with Crippen molar-refractivity contribution in [3.05, 3.63) is 70.8 Å². The van der Waals surface area contributed by atoms with Crippen molar-refractivity contribution < 1.29 is 4.79 Å².